The number of carbonyl (C=O) groups excluding carboxylic acids is 3. The van der Waals surface area contributed by atoms with E-state index in [4.69, 9.17) is 25.8 Å². The predicted molar refractivity (Wildman–Crippen MR) is 194 cm³/mol. The molecule has 2 aliphatic rings. The molecular formula is C42H37ClN2O6. The minimum Gasteiger partial charge on any atom is -0.467 e. The van der Waals surface area contributed by atoms with Crippen LogP contribution in [0.25, 0.3) is 11.1 Å². The van der Waals surface area contributed by atoms with E-state index in [1.165, 1.54) is 14.2 Å². The summed E-state index contributed by atoms with van der Waals surface area (Å²) < 4.78 is 17.3. The lowest BCUT2D eigenvalue weighted by Gasteiger charge is -2.43. The van der Waals surface area contributed by atoms with Gasteiger partial charge >= 0.3 is 18.0 Å². The first-order valence-corrected chi connectivity index (χ1v) is 17.3. The van der Waals surface area contributed by atoms with Crippen LogP contribution in [-0.2, 0) is 35.9 Å². The fourth-order valence-electron chi connectivity index (χ4n) is 7.78. The molecule has 5 aromatic carbocycles. The molecular weight excluding hydrogens is 664 g/mol. The summed E-state index contributed by atoms with van der Waals surface area (Å²) in [5, 5.41) is 0. The minimum absolute atomic E-state index is 0.111. The summed E-state index contributed by atoms with van der Waals surface area (Å²) in [6.07, 6.45) is -2.20. The molecule has 0 N–H and O–H groups in total. The normalized spacial score (nSPS) is 18.5. The number of fused-ring (bicyclic) bond motifs is 3. The van der Waals surface area contributed by atoms with Crippen LogP contribution in [0.5, 0.6) is 0 Å². The fraction of sp³-hybridized carbons (Fsp3) is 0.214. The van der Waals surface area contributed by atoms with E-state index in [-0.39, 0.29) is 12.4 Å². The molecule has 5 aromatic rings. The van der Waals surface area contributed by atoms with Gasteiger partial charge in [-0.15, -0.1) is 11.6 Å². The van der Waals surface area contributed by atoms with Crippen LogP contribution >= 0.6 is 11.6 Å². The van der Waals surface area contributed by atoms with E-state index in [2.05, 4.69) is 0 Å². The Hall–Kier alpha value is -5.44. The molecule has 0 unspecified atom stereocenters. The van der Waals surface area contributed by atoms with Crippen LogP contribution in [0.4, 0.5) is 4.79 Å². The largest absolute Gasteiger partial charge is 0.467 e. The number of hydrogen-bond acceptors (Lipinski definition) is 6. The lowest BCUT2D eigenvalue weighted by Crippen LogP contribution is -2.57. The first kappa shape index (κ1) is 34.0. The highest BCUT2D eigenvalue weighted by Crippen LogP contribution is 2.57. The molecule has 8 nitrogen and oxygen atoms in total. The molecule has 1 fully saturated rings. The molecule has 258 valence electrons. The number of esters is 2. The second kappa shape index (κ2) is 14.4. The van der Waals surface area contributed by atoms with Gasteiger partial charge in [0, 0.05) is 13.7 Å². The molecule has 9 heteroatoms. The molecule has 0 bridgehead atoms. The first-order valence-electron chi connectivity index (χ1n) is 16.8. The zero-order valence-electron chi connectivity index (χ0n) is 28.2. The topological polar surface area (TPSA) is 85.4 Å². The summed E-state index contributed by atoms with van der Waals surface area (Å²) >= 11 is 6.71. The van der Waals surface area contributed by atoms with E-state index >= 15 is 4.79 Å². The highest BCUT2D eigenvalue weighted by Gasteiger charge is 2.63. The smallest absolute Gasteiger partial charge is 0.340 e. The summed E-state index contributed by atoms with van der Waals surface area (Å²) in [5.74, 6) is -1.58. The van der Waals surface area contributed by atoms with Crippen LogP contribution < -0.4 is 0 Å². The third-order valence-corrected chi connectivity index (χ3v) is 10.2. The van der Waals surface area contributed by atoms with Crippen LogP contribution in [-0.4, -0.2) is 66.1 Å². The van der Waals surface area contributed by atoms with Crippen molar-refractivity contribution < 1.29 is 28.6 Å². The average molecular weight is 701 g/mol. The van der Waals surface area contributed by atoms with Gasteiger partial charge in [-0.25, -0.2) is 14.4 Å². The fourth-order valence-corrected chi connectivity index (χ4v) is 8.03. The Balaban J connectivity index is 1.44. The molecule has 0 radical (unpaired) electrons. The maximum absolute atomic E-state index is 15.5. The maximum Gasteiger partial charge on any atom is 0.340 e. The van der Waals surface area contributed by atoms with E-state index in [9.17, 15) is 9.59 Å². The number of amides is 2. The van der Waals surface area contributed by atoms with Crippen LogP contribution in [0.2, 0.25) is 0 Å². The van der Waals surface area contributed by atoms with E-state index in [0.717, 1.165) is 33.4 Å². The van der Waals surface area contributed by atoms with E-state index in [1.807, 2.05) is 115 Å². The highest BCUT2D eigenvalue weighted by atomic mass is 35.5. The van der Waals surface area contributed by atoms with Gasteiger partial charge in [-0.2, -0.15) is 0 Å². The highest BCUT2D eigenvalue weighted by molar-refractivity contribution is 6.18. The summed E-state index contributed by atoms with van der Waals surface area (Å²) in [6, 6.07) is 41.3. The number of methoxy groups -OCH3 is 2. The summed E-state index contributed by atoms with van der Waals surface area (Å²) in [7, 11) is 2.72. The van der Waals surface area contributed by atoms with Crippen molar-refractivity contribution in [2.24, 2.45) is 0 Å². The lowest BCUT2D eigenvalue weighted by molar-refractivity contribution is -0.166. The van der Waals surface area contributed by atoms with Crippen molar-refractivity contribution in [1.82, 2.24) is 9.80 Å². The lowest BCUT2D eigenvalue weighted by atomic mass is 9.78. The Morgan fingerprint density at radius 1 is 0.745 bits per heavy atom. The summed E-state index contributed by atoms with van der Waals surface area (Å²) in [6.45, 7) is 0.111. The third kappa shape index (κ3) is 5.74. The van der Waals surface area contributed by atoms with Crippen molar-refractivity contribution in [3.63, 3.8) is 0 Å². The number of hydrogen-bond donors (Lipinski definition) is 0. The Kier molecular flexibility index (Phi) is 9.62. The van der Waals surface area contributed by atoms with Crippen LogP contribution in [0.3, 0.4) is 0 Å². The Morgan fingerprint density at radius 3 is 1.82 bits per heavy atom. The number of alkyl halides is 1. The van der Waals surface area contributed by atoms with Gasteiger partial charge in [0.15, 0.2) is 12.1 Å². The van der Waals surface area contributed by atoms with Gasteiger partial charge in [0.25, 0.3) is 0 Å². The zero-order valence-corrected chi connectivity index (χ0v) is 29.0. The second-order valence-corrected chi connectivity index (χ2v) is 12.9. The molecule has 2 amide bonds. The summed E-state index contributed by atoms with van der Waals surface area (Å²) in [4.78, 5) is 47.0. The first-order chi connectivity index (χ1) is 24.9. The number of nitrogens with zero attached hydrogens (tertiary/aromatic N) is 2. The number of halogens is 1. The van der Waals surface area contributed by atoms with Crippen LogP contribution in [0.15, 0.2) is 140 Å². The molecule has 7 rings (SSSR count). The van der Waals surface area contributed by atoms with Crippen molar-refractivity contribution in [3.8, 4) is 11.1 Å². The number of urea groups is 1. The molecule has 4 atom stereocenters. The quantitative estimate of drug-likeness (QED) is 0.106. The van der Waals surface area contributed by atoms with Crippen molar-refractivity contribution in [3.05, 3.63) is 167 Å². The van der Waals surface area contributed by atoms with E-state index in [0.29, 0.717) is 5.56 Å². The molecule has 51 heavy (non-hydrogen) atoms. The Bertz CT molecular complexity index is 1980. The summed E-state index contributed by atoms with van der Waals surface area (Å²) in [5.41, 5.74) is 4.48. The molecule has 0 saturated carbocycles. The van der Waals surface area contributed by atoms with Crippen molar-refractivity contribution in [1.29, 1.82) is 0 Å². The standard InChI is InChI=1S/C42H37ClN2O6/c1-49-38(29-18-8-4-9-19-29)40(47)51-35(26-43)36-37(39(46)50-2)45(41(48)44(36)27-28-16-6-3-7-17-28)42(30-20-10-5-11-21-30)33-24-14-12-22-31(33)32-23-13-15-25-34(32)42/h3-25,35-38H,26-27H2,1-2H3/t35-,36-,37+,38-/m1/s1. The molecule has 1 heterocycles. The molecule has 1 aliphatic carbocycles. The number of ether oxygens (including phenoxy) is 3. The van der Waals surface area contributed by atoms with Gasteiger partial charge in [-0.1, -0.05) is 140 Å². The SMILES string of the molecule is COC(=O)[C@@H]1[C@@H]([C@@H](CCl)OC(=O)[C@H](OC)c2ccccc2)N(Cc2ccccc2)C(=O)N1C1(c2ccccc2)c2ccccc2-c2ccccc21. The van der Waals surface area contributed by atoms with Crippen LogP contribution in [0, 0.1) is 0 Å². The van der Waals surface area contributed by atoms with E-state index in [1.54, 1.807) is 34.1 Å². The maximum atomic E-state index is 15.5. The number of rotatable bonds is 11. The monoisotopic (exact) mass is 700 g/mol. The molecule has 0 spiro atoms. The predicted octanol–water partition coefficient (Wildman–Crippen LogP) is 7.35. The Labute approximate surface area is 302 Å². The molecule has 1 saturated heterocycles. The van der Waals surface area contributed by atoms with Gasteiger partial charge in [-0.3, -0.25) is 4.90 Å². The van der Waals surface area contributed by atoms with E-state index < -0.39 is 47.8 Å². The number of benzene rings is 5. The van der Waals surface area contributed by atoms with Crippen molar-refractivity contribution in [2.75, 3.05) is 20.1 Å². The van der Waals surface area contributed by atoms with Gasteiger partial charge in [0.05, 0.1) is 13.0 Å². The molecule has 1 aliphatic heterocycles. The zero-order chi connectivity index (χ0) is 35.5. The minimum atomic E-state index is -1.27. The third-order valence-electron chi connectivity index (χ3n) is 9.88. The van der Waals surface area contributed by atoms with Gasteiger partial charge < -0.3 is 19.1 Å². The van der Waals surface area contributed by atoms with Crippen molar-refractivity contribution in [2.45, 2.75) is 36.4 Å². The van der Waals surface area contributed by atoms with Crippen molar-refractivity contribution >= 4 is 29.6 Å². The Morgan fingerprint density at radius 2 is 1.27 bits per heavy atom. The average Bonchev–Trinajstić information content (AvgIpc) is 3.64. The number of carbonyl (C=O) groups is 3. The second-order valence-electron chi connectivity index (χ2n) is 12.5. The van der Waals surface area contributed by atoms with Gasteiger partial charge in [0.1, 0.15) is 17.7 Å². The van der Waals surface area contributed by atoms with Gasteiger partial charge in [0.2, 0.25) is 0 Å². The van der Waals surface area contributed by atoms with Crippen LogP contribution in [0.1, 0.15) is 33.9 Å². The van der Waals surface area contributed by atoms with Gasteiger partial charge in [-0.05, 0) is 38.9 Å². The molecule has 0 aromatic heterocycles.